The first-order valence-corrected chi connectivity index (χ1v) is 7.30. The van der Waals surface area contributed by atoms with Gasteiger partial charge in [0.15, 0.2) is 0 Å². The molecule has 114 valence electrons. The second-order valence-corrected chi connectivity index (χ2v) is 6.31. The summed E-state index contributed by atoms with van der Waals surface area (Å²) >= 11 is 0. The molecule has 0 radical (unpaired) electrons. The van der Waals surface area contributed by atoms with Crippen LogP contribution in [0.2, 0.25) is 0 Å². The van der Waals surface area contributed by atoms with Gasteiger partial charge in [0.1, 0.15) is 11.7 Å². The molecule has 0 aromatic heterocycles. The Morgan fingerprint density at radius 2 is 2.33 bits per heavy atom. The van der Waals surface area contributed by atoms with Gasteiger partial charge >= 0.3 is 5.97 Å². The Hall–Kier alpha value is -1.46. The van der Waals surface area contributed by atoms with Gasteiger partial charge in [-0.1, -0.05) is 12.1 Å². The number of benzene rings is 1. The fourth-order valence-corrected chi connectivity index (χ4v) is 3.69. The number of carboxylic acids is 1. The molecule has 0 unspecified atom stereocenters. The molecule has 1 aromatic rings. The lowest BCUT2D eigenvalue weighted by Gasteiger charge is -2.31. The monoisotopic (exact) mass is 293 g/mol. The molecular weight excluding hydrogens is 273 g/mol. The predicted molar refractivity (Wildman–Crippen MR) is 75.4 cm³/mol. The Balaban J connectivity index is 1.72. The third-order valence-corrected chi connectivity index (χ3v) is 4.79. The fourth-order valence-electron chi connectivity index (χ4n) is 3.69. The normalized spacial score (nSPS) is 34.3. The van der Waals surface area contributed by atoms with Crippen LogP contribution in [0, 0.1) is 18.7 Å². The lowest BCUT2D eigenvalue weighted by Crippen LogP contribution is -2.50. The van der Waals surface area contributed by atoms with Crippen molar-refractivity contribution in [2.45, 2.75) is 51.0 Å². The summed E-state index contributed by atoms with van der Waals surface area (Å²) in [6.07, 6.45) is 1.64. The van der Waals surface area contributed by atoms with Gasteiger partial charge in [-0.05, 0) is 43.9 Å². The lowest BCUT2D eigenvalue weighted by atomic mass is 9.76. The van der Waals surface area contributed by atoms with Gasteiger partial charge in [0.05, 0.1) is 11.7 Å². The number of carbonyl (C=O) groups is 1. The van der Waals surface area contributed by atoms with Crippen molar-refractivity contribution < 1.29 is 19.0 Å². The number of hydrogen-bond acceptors (Lipinski definition) is 3. The summed E-state index contributed by atoms with van der Waals surface area (Å²) in [4.78, 5) is 11.5. The van der Waals surface area contributed by atoms with Crippen LogP contribution in [0.15, 0.2) is 18.2 Å². The van der Waals surface area contributed by atoms with E-state index in [1.165, 1.54) is 6.07 Å². The molecule has 2 fully saturated rings. The molecule has 2 aliphatic rings. The quantitative estimate of drug-likeness (QED) is 0.894. The minimum absolute atomic E-state index is 0.0438. The third-order valence-electron chi connectivity index (χ3n) is 4.79. The molecule has 0 aliphatic carbocycles. The van der Waals surface area contributed by atoms with Crippen LogP contribution in [0.1, 0.15) is 30.9 Å². The summed E-state index contributed by atoms with van der Waals surface area (Å²) in [5, 5.41) is 12.8. The van der Waals surface area contributed by atoms with Gasteiger partial charge in [-0.15, -0.1) is 0 Å². The molecule has 5 heteroatoms. The minimum atomic E-state index is -0.813. The number of halogens is 1. The van der Waals surface area contributed by atoms with Crippen LogP contribution in [0.3, 0.4) is 0 Å². The van der Waals surface area contributed by atoms with Gasteiger partial charge in [0, 0.05) is 12.6 Å². The standard InChI is InChI=1S/C16H20FNO3/c1-9-7-10(3-4-11(9)17)8-18-14-12-5-6-16(2,21-12)13(14)15(19)20/h3-4,7,12-14,18H,5-6,8H2,1-2H3,(H,19,20)/t12-,13+,14-,16+/m0/s1. The van der Waals surface area contributed by atoms with Gasteiger partial charge in [-0.3, -0.25) is 4.79 Å². The van der Waals surface area contributed by atoms with Crippen LogP contribution < -0.4 is 5.32 Å². The second kappa shape index (κ2) is 5.07. The van der Waals surface area contributed by atoms with Crippen molar-refractivity contribution in [3.8, 4) is 0 Å². The Bertz CT molecular complexity index is 577. The summed E-state index contributed by atoms with van der Waals surface area (Å²) in [5.41, 5.74) is 0.985. The maximum Gasteiger partial charge on any atom is 0.311 e. The third kappa shape index (κ3) is 2.45. The van der Waals surface area contributed by atoms with Gasteiger partial charge in [0.2, 0.25) is 0 Å². The van der Waals surface area contributed by atoms with Gasteiger partial charge < -0.3 is 15.2 Å². The Morgan fingerprint density at radius 3 is 3.00 bits per heavy atom. The van der Waals surface area contributed by atoms with E-state index in [0.717, 1.165) is 18.4 Å². The number of hydrogen-bond donors (Lipinski definition) is 2. The van der Waals surface area contributed by atoms with Crippen molar-refractivity contribution in [3.05, 3.63) is 35.1 Å². The van der Waals surface area contributed by atoms with Crippen LogP contribution in [0.4, 0.5) is 4.39 Å². The van der Waals surface area contributed by atoms with E-state index in [1.807, 2.05) is 6.92 Å². The molecular formula is C16H20FNO3. The van der Waals surface area contributed by atoms with E-state index < -0.39 is 17.5 Å². The Morgan fingerprint density at radius 1 is 1.57 bits per heavy atom. The molecule has 2 saturated heterocycles. The zero-order valence-corrected chi connectivity index (χ0v) is 12.2. The second-order valence-electron chi connectivity index (χ2n) is 6.31. The zero-order chi connectivity index (χ0) is 15.2. The molecule has 1 aromatic carbocycles. The van der Waals surface area contributed by atoms with Crippen molar-refractivity contribution in [1.82, 2.24) is 5.32 Å². The highest BCUT2D eigenvalue weighted by Gasteiger charge is 2.59. The molecule has 0 amide bonds. The zero-order valence-electron chi connectivity index (χ0n) is 12.2. The van der Waals surface area contributed by atoms with Crippen molar-refractivity contribution in [3.63, 3.8) is 0 Å². The predicted octanol–water partition coefficient (Wildman–Crippen LogP) is 2.24. The summed E-state index contributed by atoms with van der Waals surface area (Å²) < 4.78 is 19.1. The Labute approximate surface area is 123 Å². The van der Waals surface area contributed by atoms with E-state index >= 15 is 0 Å². The molecule has 21 heavy (non-hydrogen) atoms. The van der Waals surface area contributed by atoms with Crippen LogP contribution in [-0.4, -0.2) is 28.8 Å². The van der Waals surface area contributed by atoms with Gasteiger partial charge in [0.25, 0.3) is 0 Å². The highest BCUT2D eigenvalue weighted by molar-refractivity contribution is 5.73. The van der Waals surface area contributed by atoms with E-state index in [-0.39, 0.29) is 18.0 Å². The lowest BCUT2D eigenvalue weighted by molar-refractivity contribution is -0.147. The van der Waals surface area contributed by atoms with Crippen LogP contribution >= 0.6 is 0 Å². The SMILES string of the molecule is Cc1cc(CN[C@H]2[C@@H]3CC[C@@](C)(O3)[C@H]2C(=O)O)ccc1F. The molecule has 4 nitrogen and oxygen atoms in total. The molecule has 4 atom stereocenters. The number of nitrogens with one attached hydrogen (secondary N) is 1. The summed E-state index contributed by atoms with van der Waals surface area (Å²) in [6.45, 7) is 4.13. The number of carboxylic acid groups (broad SMARTS) is 1. The minimum Gasteiger partial charge on any atom is -0.481 e. The fraction of sp³-hybridized carbons (Fsp3) is 0.562. The molecule has 2 N–H and O–H groups in total. The molecule has 2 heterocycles. The number of aliphatic carboxylic acids is 1. The molecule has 2 bridgehead atoms. The van der Waals surface area contributed by atoms with Crippen molar-refractivity contribution in [1.29, 1.82) is 0 Å². The molecule has 2 aliphatic heterocycles. The van der Waals surface area contributed by atoms with E-state index in [0.29, 0.717) is 12.1 Å². The van der Waals surface area contributed by atoms with Crippen molar-refractivity contribution >= 4 is 5.97 Å². The van der Waals surface area contributed by atoms with E-state index in [2.05, 4.69) is 5.32 Å². The van der Waals surface area contributed by atoms with E-state index in [4.69, 9.17) is 4.74 Å². The first-order chi connectivity index (χ1) is 9.90. The van der Waals surface area contributed by atoms with Crippen molar-refractivity contribution in [2.24, 2.45) is 5.92 Å². The average molecular weight is 293 g/mol. The van der Waals surface area contributed by atoms with E-state index in [9.17, 15) is 14.3 Å². The van der Waals surface area contributed by atoms with E-state index in [1.54, 1.807) is 19.1 Å². The molecule has 3 rings (SSSR count). The Kier molecular flexibility index (Phi) is 3.50. The highest BCUT2D eigenvalue weighted by atomic mass is 19.1. The van der Waals surface area contributed by atoms with Crippen LogP contribution in [-0.2, 0) is 16.1 Å². The molecule has 0 spiro atoms. The average Bonchev–Trinajstić information content (AvgIpc) is 2.93. The van der Waals surface area contributed by atoms with Gasteiger partial charge in [-0.25, -0.2) is 4.39 Å². The highest BCUT2D eigenvalue weighted by Crippen LogP contribution is 2.47. The summed E-state index contributed by atoms with van der Waals surface area (Å²) in [7, 11) is 0. The maximum atomic E-state index is 13.3. The summed E-state index contributed by atoms with van der Waals surface area (Å²) in [5.74, 6) is -1.57. The van der Waals surface area contributed by atoms with Crippen LogP contribution in [0.25, 0.3) is 0 Å². The summed E-state index contributed by atoms with van der Waals surface area (Å²) in [6, 6.07) is 4.76. The smallest absolute Gasteiger partial charge is 0.311 e. The van der Waals surface area contributed by atoms with Crippen LogP contribution in [0.5, 0.6) is 0 Å². The number of fused-ring (bicyclic) bond motifs is 2. The number of rotatable bonds is 4. The van der Waals surface area contributed by atoms with Crippen molar-refractivity contribution in [2.75, 3.05) is 0 Å². The first-order valence-electron chi connectivity index (χ1n) is 7.30. The maximum absolute atomic E-state index is 13.3. The first kappa shape index (κ1) is 14.5. The number of ether oxygens (including phenoxy) is 1. The largest absolute Gasteiger partial charge is 0.481 e. The molecule has 0 saturated carbocycles. The van der Waals surface area contributed by atoms with Gasteiger partial charge in [-0.2, -0.15) is 0 Å². The number of aryl methyl sites for hydroxylation is 1. The topological polar surface area (TPSA) is 58.6 Å².